The number of pyridine rings is 1. The monoisotopic (exact) mass is 210 g/mol. The molecule has 1 aromatic heterocycles. The number of aliphatic carboxylic acids is 1. The van der Waals surface area contributed by atoms with Gasteiger partial charge in [-0.05, 0) is 18.6 Å². The van der Waals surface area contributed by atoms with Crippen molar-refractivity contribution in [1.29, 1.82) is 0 Å². The van der Waals surface area contributed by atoms with Crippen LogP contribution in [0.1, 0.15) is 5.56 Å². The fourth-order valence-corrected chi connectivity index (χ4v) is 1.09. The van der Waals surface area contributed by atoms with Gasteiger partial charge in [-0.15, -0.1) is 0 Å². The second-order valence-corrected chi connectivity index (χ2v) is 3.06. The smallest absolute Gasteiger partial charge is 0.329 e. The van der Waals surface area contributed by atoms with Crippen LogP contribution in [-0.4, -0.2) is 35.8 Å². The summed E-state index contributed by atoms with van der Waals surface area (Å²) < 4.78 is 4.88. The number of carbonyl (C=O) groups is 1. The predicted molar refractivity (Wildman–Crippen MR) is 55.9 cm³/mol. The SMILES string of the molecule is Cc1cnccc1NCCOCC(=O)O. The van der Waals surface area contributed by atoms with E-state index in [1.54, 1.807) is 12.4 Å². The van der Waals surface area contributed by atoms with Crippen LogP contribution in [0.2, 0.25) is 0 Å². The molecule has 0 bridgehead atoms. The van der Waals surface area contributed by atoms with Gasteiger partial charge in [0.25, 0.3) is 0 Å². The van der Waals surface area contributed by atoms with E-state index in [0.717, 1.165) is 11.3 Å². The van der Waals surface area contributed by atoms with E-state index in [4.69, 9.17) is 9.84 Å². The average Bonchev–Trinajstić information content (AvgIpc) is 2.20. The minimum Gasteiger partial charge on any atom is -0.480 e. The summed E-state index contributed by atoms with van der Waals surface area (Å²) in [5.74, 6) is -0.949. The molecule has 82 valence electrons. The van der Waals surface area contributed by atoms with Crippen molar-refractivity contribution in [1.82, 2.24) is 4.98 Å². The van der Waals surface area contributed by atoms with E-state index in [0.29, 0.717) is 13.2 Å². The molecule has 0 amide bonds. The van der Waals surface area contributed by atoms with Gasteiger partial charge in [0.15, 0.2) is 0 Å². The van der Waals surface area contributed by atoms with Crippen LogP contribution >= 0.6 is 0 Å². The first kappa shape index (κ1) is 11.5. The van der Waals surface area contributed by atoms with Gasteiger partial charge in [-0.1, -0.05) is 0 Å². The number of nitrogens with one attached hydrogen (secondary N) is 1. The van der Waals surface area contributed by atoms with Crippen molar-refractivity contribution in [2.45, 2.75) is 6.92 Å². The molecule has 1 heterocycles. The summed E-state index contributed by atoms with van der Waals surface area (Å²) in [5.41, 5.74) is 2.04. The Morgan fingerprint density at radius 2 is 2.47 bits per heavy atom. The third kappa shape index (κ3) is 4.42. The average molecular weight is 210 g/mol. The quantitative estimate of drug-likeness (QED) is 0.683. The van der Waals surface area contributed by atoms with Crippen molar-refractivity contribution in [2.24, 2.45) is 0 Å². The number of hydrogen-bond donors (Lipinski definition) is 2. The van der Waals surface area contributed by atoms with Crippen LogP contribution in [0, 0.1) is 6.92 Å². The van der Waals surface area contributed by atoms with Crippen molar-refractivity contribution in [3.63, 3.8) is 0 Å². The molecule has 1 rings (SSSR count). The number of carboxylic acids is 1. The van der Waals surface area contributed by atoms with Gasteiger partial charge < -0.3 is 15.2 Å². The van der Waals surface area contributed by atoms with Crippen LogP contribution in [-0.2, 0) is 9.53 Å². The van der Waals surface area contributed by atoms with Crippen LogP contribution in [0.25, 0.3) is 0 Å². The molecule has 0 saturated heterocycles. The molecule has 0 unspecified atom stereocenters. The Bertz CT molecular complexity index is 328. The first-order chi connectivity index (χ1) is 7.20. The maximum absolute atomic E-state index is 10.1. The molecule has 0 aromatic carbocycles. The molecule has 0 atom stereocenters. The lowest BCUT2D eigenvalue weighted by Gasteiger charge is -2.08. The number of aromatic nitrogens is 1. The van der Waals surface area contributed by atoms with E-state index in [9.17, 15) is 4.79 Å². The summed E-state index contributed by atoms with van der Waals surface area (Å²) in [5, 5.41) is 11.4. The van der Waals surface area contributed by atoms with Gasteiger partial charge in [0, 0.05) is 24.6 Å². The molecule has 0 aliphatic carbocycles. The van der Waals surface area contributed by atoms with E-state index in [-0.39, 0.29) is 6.61 Å². The van der Waals surface area contributed by atoms with Gasteiger partial charge in [0.2, 0.25) is 0 Å². The number of rotatable bonds is 6. The number of aryl methyl sites for hydroxylation is 1. The Hall–Kier alpha value is -1.62. The van der Waals surface area contributed by atoms with E-state index in [2.05, 4.69) is 10.3 Å². The Balaban J connectivity index is 2.21. The third-order valence-corrected chi connectivity index (χ3v) is 1.81. The zero-order valence-corrected chi connectivity index (χ0v) is 8.56. The Kier molecular flexibility index (Phi) is 4.56. The van der Waals surface area contributed by atoms with Gasteiger partial charge in [0.1, 0.15) is 6.61 Å². The van der Waals surface area contributed by atoms with Crippen molar-refractivity contribution >= 4 is 11.7 Å². The largest absolute Gasteiger partial charge is 0.480 e. The first-order valence-corrected chi connectivity index (χ1v) is 4.64. The Labute approximate surface area is 88.1 Å². The van der Waals surface area contributed by atoms with Gasteiger partial charge in [-0.3, -0.25) is 4.98 Å². The lowest BCUT2D eigenvalue weighted by atomic mass is 10.2. The number of carboxylic acid groups (broad SMARTS) is 1. The van der Waals surface area contributed by atoms with E-state index >= 15 is 0 Å². The number of nitrogens with zero attached hydrogens (tertiary/aromatic N) is 1. The molecule has 0 saturated carbocycles. The van der Waals surface area contributed by atoms with Crippen molar-refractivity contribution in [3.8, 4) is 0 Å². The maximum Gasteiger partial charge on any atom is 0.329 e. The normalized spacial score (nSPS) is 9.93. The zero-order chi connectivity index (χ0) is 11.1. The highest BCUT2D eigenvalue weighted by Gasteiger charge is 1.97. The fourth-order valence-electron chi connectivity index (χ4n) is 1.09. The molecular weight excluding hydrogens is 196 g/mol. The van der Waals surface area contributed by atoms with Crippen LogP contribution < -0.4 is 5.32 Å². The van der Waals surface area contributed by atoms with Crippen LogP contribution in [0.4, 0.5) is 5.69 Å². The molecule has 1 aromatic rings. The van der Waals surface area contributed by atoms with Crippen LogP contribution in [0.5, 0.6) is 0 Å². The second kappa shape index (κ2) is 5.98. The zero-order valence-electron chi connectivity index (χ0n) is 8.56. The van der Waals surface area contributed by atoms with Crippen molar-refractivity contribution in [2.75, 3.05) is 25.1 Å². The highest BCUT2D eigenvalue weighted by Crippen LogP contribution is 2.10. The van der Waals surface area contributed by atoms with E-state index in [1.807, 2.05) is 13.0 Å². The summed E-state index contributed by atoms with van der Waals surface area (Å²) in [4.78, 5) is 14.1. The third-order valence-electron chi connectivity index (χ3n) is 1.81. The first-order valence-electron chi connectivity index (χ1n) is 4.64. The lowest BCUT2D eigenvalue weighted by molar-refractivity contribution is -0.142. The van der Waals surface area contributed by atoms with Crippen molar-refractivity contribution in [3.05, 3.63) is 24.0 Å². The van der Waals surface area contributed by atoms with E-state index in [1.165, 1.54) is 0 Å². The molecule has 0 aliphatic rings. The summed E-state index contributed by atoms with van der Waals surface area (Å²) in [6.45, 7) is 2.65. The van der Waals surface area contributed by atoms with E-state index < -0.39 is 5.97 Å². The van der Waals surface area contributed by atoms with Gasteiger partial charge >= 0.3 is 5.97 Å². The molecule has 0 spiro atoms. The summed E-state index contributed by atoms with van der Waals surface area (Å²) >= 11 is 0. The molecule has 0 aliphatic heterocycles. The standard InChI is InChI=1S/C10H14N2O3/c1-8-6-11-3-2-9(8)12-4-5-15-7-10(13)14/h2-3,6H,4-5,7H2,1H3,(H,11,12)(H,13,14). The highest BCUT2D eigenvalue weighted by atomic mass is 16.5. The van der Waals surface area contributed by atoms with Gasteiger partial charge in [-0.2, -0.15) is 0 Å². The summed E-state index contributed by atoms with van der Waals surface area (Å²) in [6.07, 6.45) is 3.47. The Morgan fingerprint density at radius 3 is 3.13 bits per heavy atom. The highest BCUT2D eigenvalue weighted by molar-refractivity contribution is 5.67. The molecule has 15 heavy (non-hydrogen) atoms. The van der Waals surface area contributed by atoms with Gasteiger partial charge in [0.05, 0.1) is 6.61 Å². The molecule has 0 fully saturated rings. The molecule has 2 N–H and O–H groups in total. The lowest BCUT2D eigenvalue weighted by Crippen LogP contribution is -2.14. The van der Waals surface area contributed by atoms with Crippen LogP contribution in [0.15, 0.2) is 18.5 Å². The minimum atomic E-state index is -0.949. The molecule has 5 nitrogen and oxygen atoms in total. The van der Waals surface area contributed by atoms with Crippen molar-refractivity contribution < 1.29 is 14.6 Å². The Morgan fingerprint density at radius 1 is 1.67 bits per heavy atom. The fraction of sp³-hybridized carbons (Fsp3) is 0.400. The number of ether oxygens (including phenoxy) is 1. The summed E-state index contributed by atoms with van der Waals surface area (Å²) in [6, 6.07) is 1.87. The number of anilines is 1. The predicted octanol–water partition coefficient (Wildman–Crippen LogP) is 0.903. The minimum absolute atomic E-state index is 0.253. The summed E-state index contributed by atoms with van der Waals surface area (Å²) in [7, 11) is 0. The molecular formula is C10H14N2O3. The van der Waals surface area contributed by atoms with Crippen LogP contribution in [0.3, 0.4) is 0 Å². The topological polar surface area (TPSA) is 71.5 Å². The number of hydrogen-bond acceptors (Lipinski definition) is 4. The second-order valence-electron chi connectivity index (χ2n) is 3.06. The van der Waals surface area contributed by atoms with Gasteiger partial charge in [-0.25, -0.2) is 4.79 Å². The molecule has 5 heteroatoms. The maximum atomic E-state index is 10.1. The molecule has 0 radical (unpaired) electrons.